The summed E-state index contributed by atoms with van der Waals surface area (Å²) < 4.78 is 0. The van der Waals surface area contributed by atoms with Crippen molar-refractivity contribution in [2.24, 2.45) is 29.6 Å². The Morgan fingerprint density at radius 1 is 1.13 bits per heavy atom. The maximum Gasteiger partial charge on any atom is -0.0383 e. The van der Waals surface area contributed by atoms with Gasteiger partial charge in [0.2, 0.25) is 0 Å². The first kappa shape index (κ1) is 13.1. The molecule has 15 heavy (non-hydrogen) atoms. The van der Waals surface area contributed by atoms with Crippen LogP contribution >= 0.6 is 0 Å². The number of hydrogen-bond donors (Lipinski definition) is 0. The van der Waals surface area contributed by atoms with Crippen LogP contribution in [0.1, 0.15) is 66.7 Å². The van der Waals surface area contributed by atoms with E-state index in [0.717, 1.165) is 29.6 Å². The van der Waals surface area contributed by atoms with Gasteiger partial charge in [-0.15, -0.1) is 0 Å². The minimum absolute atomic E-state index is 0.883. The molecule has 1 fully saturated rings. The zero-order valence-corrected chi connectivity index (χ0v) is 11.4. The molecular formula is C15H30. The molecule has 0 aromatic heterocycles. The van der Waals surface area contributed by atoms with Crippen LogP contribution in [0.2, 0.25) is 0 Å². The zero-order chi connectivity index (χ0) is 11.4. The summed E-state index contributed by atoms with van der Waals surface area (Å²) in [7, 11) is 0. The van der Waals surface area contributed by atoms with Gasteiger partial charge >= 0.3 is 0 Å². The number of hydrogen-bond acceptors (Lipinski definition) is 0. The van der Waals surface area contributed by atoms with E-state index in [-0.39, 0.29) is 0 Å². The van der Waals surface area contributed by atoms with E-state index >= 15 is 0 Å². The standard InChI is InChI=1S/C15H30/c1-6-12(4)14(8-7-11(2)3)10-15-9-13(15)5/h11-15H,6-10H2,1-5H3. The first-order valence-electron chi connectivity index (χ1n) is 7.04. The molecule has 1 saturated carbocycles. The van der Waals surface area contributed by atoms with E-state index < -0.39 is 0 Å². The second kappa shape index (κ2) is 5.92. The fourth-order valence-electron chi connectivity index (χ4n) is 2.63. The summed E-state index contributed by atoms with van der Waals surface area (Å²) in [5, 5.41) is 0. The van der Waals surface area contributed by atoms with Gasteiger partial charge in [-0.05, 0) is 48.9 Å². The molecule has 90 valence electrons. The van der Waals surface area contributed by atoms with Crippen LogP contribution in [0.25, 0.3) is 0 Å². The van der Waals surface area contributed by atoms with Crippen LogP contribution < -0.4 is 0 Å². The third-order valence-corrected chi connectivity index (χ3v) is 4.45. The predicted octanol–water partition coefficient (Wildman–Crippen LogP) is 5.13. The van der Waals surface area contributed by atoms with Crippen LogP contribution in [0.3, 0.4) is 0 Å². The van der Waals surface area contributed by atoms with Crippen molar-refractivity contribution in [3.63, 3.8) is 0 Å². The molecule has 0 aromatic rings. The molecule has 0 aromatic carbocycles. The molecule has 0 N–H and O–H groups in total. The van der Waals surface area contributed by atoms with Crippen LogP contribution in [0.5, 0.6) is 0 Å². The van der Waals surface area contributed by atoms with Gasteiger partial charge in [-0.2, -0.15) is 0 Å². The lowest BCUT2D eigenvalue weighted by Gasteiger charge is -2.24. The van der Waals surface area contributed by atoms with Crippen molar-refractivity contribution in [1.29, 1.82) is 0 Å². The van der Waals surface area contributed by atoms with Gasteiger partial charge in [0.15, 0.2) is 0 Å². The highest BCUT2D eigenvalue weighted by atomic mass is 14.4. The van der Waals surface area contributed by atoms with Gasteiger partial charge < -0.3 is 0 Å². The maximum absolute atomic E-state index is 2.46. The van der Waals surface area contributed by atoms with Gasteiger partial charge in [0, 0.05) is 0 Å². The maximum atomic E-state index is 2.46. The molecule has 0 spiro atoms. The average Bonchev–Trinajstić information content (AvgIpc) is 2.87. The van der Waals surface area contributed by atoms with Crippen LogP contribution in [0.15, 0.2) is 0 Å². The average molecular weight is 210 g/mol. The molecule has 4 unspecified atom stereocenters. The molecule has 0 nitrogen and oxygen atoms in total. The molecule has 0 radical (unpaired) electrons. The number of rotatable bonds is 7. The summed E-state index contributed by atoms with van der Waals surface area (Å²) in [5.41, 5.74) is 0. The van der Waals surface area contributed by atoms with Gasteiger partial charge in [-0.3, -0.25) is 0 Å². The Labute approximate surface area is 96.8 Å². The Morgan fingerprint density at radius 3 is 2.13 bits per heavy atom. The lowest BCUT2D eigenvalue weighted by Crippen LogP contribution is -2.13. The predicted molar refractivity (Wildman–Crippen MR) is 68.9 cm³/mol. The van der Waals surface area contributed by atoms with E-state index in [1.165, 1.54) is 32.1 Å². The third-order valence-electron chi connectivity index (χ3n) is 4.45. The zero-order valence-electron chi connectivity index (χ0n) is 11.4. The van der Waals surface area contributed by atoms with E-state index in [9.17, 15) is 0 Å². The molecule has 0 bridgehead atoms. The minimum atomic E-state index is 0.883. The van der Waals surface area contributed by atoms with Crippen LogP contribution in [-0.4, -0.2) is 0 Å². The largest absolute Gasteiger partial charge is 0.0651 e. The van der Waals surface area contributed by atoms with E-state index in [4.69, 9.17) is 0 Å². The summed E-state index contributed by atoms with van der Waals surface area (Å²) in [6.45, 7) is 11.9. The van der Waals surface area contributed by atoms with Crippen molar-refractivity contribution >= 4 is 0 Å². The van der Waals surface area contributed by atoms with Crippen molar-refractivity contribution < 1.29 is 0 Å². The van der Waals surface area contributed by atoms with Crippen molar-refractivity contribution in [2.75, 3.05) is 0 Å². The van der Waals surface area contributed by atoms with Gasteiger partial charge in [0.25, 0.3) is 0 Å². The summed E-state index contributed by atoms with van der Waals surface area (Å²) in [4.78, 5) is 0. The van der Waals surface area contributed by atoms with Crippen molar-refractivity contribution in [1.82, 2.24) is 0 Å². The van der Waals surface area contributed by atoms with E-state index in [2.05, 4.69) is 34.6 Å². The quantitative estimate of drug-likeness (QED) is 0.546. The lowest BCUT2D eigenvalue weighted by atomic mass is 9.82. The second-order valence-electron chi connectivity index (χ2n) is 6.33. The second-order valence-corrected chi connectivity index (χ2v) is 6.33. The van der Waals surface area contributed by atoms with Gasteiger partial charge in [-0.1, -0.05) is 47.5 Å². The fraction of sp³-hybridized carbons (Fsp3) is 1.00. The molecule has 0 heterocycles. The molecule has 0 amide bonds. The van der Waals surface area contributed by atoms with E-state index in [0.29, 0.717) is 0 Å². The summed E-state index contributed by atoms with van der Waals surface area (Å²) in [6.07, 6.45) is 7.29. The normalized spacial score (nSPS) is 29.2. The fourth-order valence-corrected chi connectivity index (χ4v) is 2.63. The monoisotopic (exact) mass is 210 g/mol. The Hall–Kier alpha value is 0. The SMILES string of the molecule is CCC(C)C(CCC(C)C)CC1CC1C. The first-order chi connectivity index (χ1) is 7.04. The third kappa shape index (κ3) is 4.57. The lowest BCUT2D eigenvalue weighted by molar-refractivity contribution is 0.273. The van der Waals surface area contributed by atoms with Crippen LogP contribution in [-0.2, 0) is 0 Å². The Balaban J connectivity index is 2.31. The molecule has 1 rings (SSSR count). The van der Waals surface area contributed by atoms with Crippen LogP contribution in [0.4, 0.5) is 0 Å². The topological polar surface area (TPSA) is 0 Å². The molecule has 0 saturated heterocycles. The van der Waals surface area contributed by atoms with Crippen molar-refractivity contribution in [3.8, 4) is 0 Å². The molecule has 1 aliphatic rings. The summed E-state index contributed by atoms with van der Waals surface area (Å²) >= 11 is 0. The van der Waals surface area contributed by atoms with Gasteiger partial charge in [-0.25, -0.2) is 0 Å². The Bertz CT molecular complexity index is 171. The molecule has 1 aliphatic carbocycles. The van der Waals surface area contributed by atoms with Crippen molar-refractivity contribution in [2.45, 2.75) is 66.7 Å². The molecular weight excluding hydrogens is 180 g/mol. The van der Waals surface area contributed by atoms with Crippen LogP contribution in [0, 0.1) is 29.6 Å². The van der Waals surface area contributed by atoms with E-state index in [1.54, 1.807) is 0 Å². The molecule has 4 atom stereocenters. The molecule has 0 aliphatic heterocycles. The summed E-state index contributed by atoms with van der Waals surface area (Å²) in [6, 6.07) is 0. The van der Waals surface area contributed by atoms with Gasteiger partial charge in [0.1, 0.15) is 0 Å². The van der Waals surface area contributed by atoms with E-state index in [1.807, 2.05) is 0 Å². The summed E-state index contributed by atoms with van der Waals surface area (Å²) in [5.74, 6) is 4.95. The smallest absolute Gasteiger partial charge is 0.0383 e. The Morgan fingerprint density at radius 2 is 1.73 bits per heavy atom. The Kier molecular flexibility index (Phi) is 5.15. The van der Waals surface area contributed by atoms with Crippen molar-refractivity contribution in [3.05, 3.63) is 0 Å². The highest BCUT2D eigenvalue weighted by Crippen LogP contribution is 2.45. The van der Waals surface area contributed by atoms with Gasteiger partial charge in [0.05, 0.1) is 0 Å². The highest BCUT2D eigenvalue weighted by Gasteiger charge is 2.35. The highest BCUT2D eigenvalue weighted by molar-refractivity contribution is 4.85. The molecule has 0 heteroatoms. The minimum Gasteiger partial charge on any atom is -0.0651 e. The first-order valence-corrected chi connectivity index (χ1v) is 7.04.